The molecule has 0 unspecified atom stereocenters. The average Bonchev–Trinajstić information content (AvgIpc) is 2.27. The Bertz CT molecular complexity index is 454. The fraction of sp³-hybridized carbons (Fsp3) is 0. The third-order valence-electron chi connectivity index (χ3n) is 1.67. The van der Waals surface area contributed by atoms with Crippen molar-refractivity contribution >= 4 is 29.8 Å². The second-order valence-electron chi connectivity index (χ2n) is 2.89. The van der Waals surface area contributed by atoms with Crippen molar-refractivity contribution in [3.63, 3.8) is 0 Å². The minimum atomic E-state index is 0.101. The van der Waals surface area contributed by atoms with Crippen molar-refractivity contribution in [2.75, 3.05) is 16.2 Å². The van der Waals surface area contributed by atoms with Crippen LogP contribution in [0.4, 0.5) is 17.8 Å². The highest BCUT2D eigenvalue weighted by Gasteiger charge is 2.01. The molecule has 0 saturated heterocycles. The first-order chi connectivity index (χ1) is 7.74. The van der Waals surface area contributed by atoms with E-state index in [-0.39, 0.29) is 11.9 Å². The summed E-state index contributed by atoms with van der Waals surface area (Å²) in [4.78, 5) is 12.5. The van der Waals surface area contributed by atoms with Crippen LogP contribution in [0.3, 0.4) is 0 Å². The zero-order chi connectivity index (χ0) is 11.4. The fourth-order valence-electron chi connectivity index (χ4n) is 1.05. The predicted octanol–water partition coefficient (Wildman–Crippen LogP) is 1.16. The number of nitrogens with one attached hydrogen (secondary N) is 1. The lowest BCUT2D eigenvalue weighted by Crippen LogP contribution is -2.05. The van der Waals surface area contributed by atoms with E-state index in [0.29, 0.717) is 5.95 Å². The van der Waals surface area contributed by atoms with E-state index in [1.165, 1.54) is 11.9 Å². The van der Waals surface area contributed by atoms with Crippen molar-refractivity contribution in [2.45, 2.75) is 4.90 Å². The molecule has 82 valence electrons. The Balaban J connectivity index is 2.05. The largest absolute Gasteiger partial charge is 0.368 e. The molecule has 0 spiro atoms. The molecule has 0 aliphatic heterocycles. The quantitative estimate of drug-likeness (QED) is 0.684. The topological polar surface area (TPSA) is 103 Å². The van der Waals surface area contributed by atoms with E-state index in [1.807, 2.05) is 30.3 Å². The van der Waals surface area contributed by atoms with Crippen LogP contribution in [0.5, 0.6) is 0 Å². The average molecular weight is 234 g/mol. The number of nitrogen functional groups attached to an aromatic ring is 2. The number of benzene rings is 1. The molecule has 2 rings (SSSR count). The maximum atomic E-state index is 5.44. The summed E-state index contributed by atoms with van der Waals surface area (Å²) in [5.41, 5.74) is 10.9. The van der Waals surface area contributed by atoms with Gasteiger partial charge in [-0.25, -0.2) is 0 Å². The van der Waals surface area contributed by atoms with Gasteiger partial charge in [0.15, 0.2) is 0 Å². The highest BCUT2D eigenvalue weighted by atomic mass is 32.2. The highest BCUT2D eigenvalue weighted by Crippen LogP contribution is 2.18. The lowest BCUT2D eigenvalue weighted by Gasteiger charge is -2.04. The Morgan fingerprint density at radius 1 is 0.938 bits per heavy atom. The Morgan fingerprint density at radius 3 is 2.19 bits per heavy atom. The fourth-order valence-corrected chi connectivity index (χ4v) is 1.64. The third-order valence-corrected chi connectivity index (χ3v) is 2.47. The molecule has 7 heteroatoms. The monoisotopic (exact) mass is 234 g/mol. The second kappa shape index (κ2) is 4.67. The van der Waals surface area contributed by atoms with Gasteiger partial charge in [-0.1, -0.05) is 18.2 Å². The van der Waals surface area contributed by atoms with E-state index < -0.39 is 0 Å². The molecule has 1 aromatic carbocycles. The van der Waals surface area contributed by atoms with Crippen LogP contribution >= 0.6 is 11.9 Å². The van der Waals surface area contributed by atoms with Gasteiger partial charge in [0.2, 0.25) is 17.8 Å². The number of nitrogens with two attached hydrogens (primary N) is 2. The molecule has 16 heavy (non-hydrogen) atoms. The standard InChI is InChI=1S/C9H10N6S/c10-7-12-8(11)14-9(13-7)15-16-6-4-2-1-3-5-6/h1-5H,(H5,10,11,12,13,14,15). The molecular formula is C9H10N6S. The number of nitrogens with zero attached hydrogens (tertiary/aromatic N) is 3. The molecule has 5 N–H and O–H groups in total. The van der Waals surface area contributed by atoms with Crippen molar-refractivity contribution in [1.29, 1.82) is 0 Å². The van der Waals surface area contributed by atoms with E-state index in [4.69, 9.17) is 11.5 Å². The Morgan fingerprint density at radius 2 is 1.56 bits per heavy atom. The van der Waals surface area contributed by atoms with E-state index in [1.54, 1.807) is 0 Å². The van der Waals surface area contributed by atoms with E-state index >= 15 is 0 Å². The number of aromatic nitrogens is 3. The van der Waals surface area contributed by atoms with E-state index in [2.05, 4.69) is 19.7 Å². The van der Waals surface area contributed by atoms with Crippen LogP contribution < -0.4 is 16.2 Å². The van der Waals surface area contributed by atoms with Crippen LogP contribution in [0, 0.1) is 0 Å². The van der Waals surface area contributed by atoms with Crippen LogP contribution in [0.2, 0.25) is 0 Å². The van der Waals surface area contributed by atoms with Crippen LogP contribution in [0.1, 0.15) is 0 Å². The molecule has 0 radical (unpaired) electrons. The predicted molar refractivity (Wildman–Crippen MR) is 64.6 cm³/mol. The molecule has 2 aromatic rings. The zero-order valence-electron chi connectivity index (χ0n) is 8.29. The van der Waals surface area contributed by atoms with Crippen molar-refractivity contribution in [2.24, 2.45) is 0 Å². The number of hydrogen-bond acceptors (Lipinski definition) is 7. The molecule has 0 aliphatic rings. The molecule has 1 heterocycles. The SMILES string of the molecule is Nc1nc(N)nc(NSc2ccccc2)n1. The smallest absolute Gasteiger partial charge is 0.239 e. The number of hydrogen-bond donors (Lipinski definition) is 3. The summed E-state index contributed by atoms with van der Waals surface area (Å²) >= 11 is 1.38. The first kappa shape index (κ1) is 10.5. The third kappa shape index (κ3) is 2.74. The Labute approximate surface area is 96.6 Å². The van der Waals surface area contributed by atoms with Gasteiger partial charge in [-0.3, -0.25) is 4.72 Å². The molecule has 0 amide bonds. The van der Waals surface area contributed by atoms with Gasteiger partial charge in [0.1, 0.15) is 0 Å². The van der Waals surface area contributed by atoms with Gasteiger partial charge >= 0.3 is 0 Å². The first-order valence-corrected chi connectivity index (χ1v) is 5.30. The Hall–Kier alpha value is -2.02. The lowest BCUT2D eigenvalue weighted by atomic mass is 10.4. The molecule has 0 saturated carbocycles. The minimum Gasteiger partial charge on any atom is -0.368 e. The first-order valence-electron chi connectivity index (χ1n) is 4.49. The molecule has 0 atom stereocenters. The molecule has 1 aromatic heterocycles. The summed E-state index contributed by atoms with van der Waals surface area (Å²) in [6, 6.07) is 9.76. The Kier molecular flexibility index (Phi) is 3.06. The van der Waals surface area contributed by atoms with Gasteiger partial charge in [-0.05, 0) is 24.1 Å². The van der Waals surface area contributed by atoms with Crippen molar-refractivity contribution < 1.29 is 0 Å². The van der Waals surface area contributed by atoms with Crippen molar-refractivity contribution in [1.82, 2.24) is 15.0 Å². The molecule has 0 aliphatic carbocycles. The van der Waals surface area contributed by atoms with Gasteiger partial charge in [0, 0.05) is 4.90 Å². The van der Waals surface area contributed by atoms with E-state index in [9.17, 15) is 0 Å². The summed E-state index contributed by atoms with van der Waals surface area (Å²) < 4.78 is 2.94. The molecule has 6 nitrogen and oxygen atoms in total. The summed E-state index contributed by atoms with van der Waals surface area (Å²) in [7, 11) is 0. The van der Waals surface area contributed by atoms with E-state index in [0.717, 1.165) is 4.90 Å². The summed E-state index contributed by atoms with van der Waals surface area (Å²) in [5.74, 6) is 0.547. The minimum absolute atomic E-state index is 0.101. The zero-order valence-corrected chi connectivity index (χ0v) is 9.11. The van der Waals surface area contributed by atoms with Crippen LogP contribution in [0.25, 0.3) is 0 Å². The van der Waals surface area contributed by atoms with Gasteiger partial charge in [0.05, 0.1) is 0 Å². The number of rotatable bonds is 3. The van der Waals surface area contributed by atoms with Crippen LogP contribution in [-0.4, -0.2) is 15.0 Å². The normalized spacial score (nSPS) is 10.0. The lowest BCUT2D eigenvalue weighted by molar-refractivity contribution is 1.09. The molecule has 0 fully saturated rings. The van der Waals surface area contributed by atoms with Gasteiger partial charge < -0.3 is 11.5 Å². The summed E-state index contributed by atoms with van der Waals surface area (Å²) in [6.45, 7) is 0. The maximum Gasteiger partial charge on any atom is 0.239 e. The van der Waals surface area contributed by atoms with Crippen molar-refractivity contribution in [3.05, 3.63) is 30.3 Å². The summed E-state index contributed by atoms with van der Waals surface area (Å²) in [5, 5.41) is 0. The second-order valence-corrected chi connectivity index (χ2v) is 3.77. The van der Waals surface area contributed by atoms with Crippen LogP contribution in [0.15, 0.2) is 35.2 Å². The van der Waals surface area contributed by atoms with Gasteiger partial charge in [-0.2, -0.15) is 15.0 Å². The van der Waals surface area contributed by atoms with Crippen molar-refractivity contribution in [3.8, 4) is 0 Å². The highest BCUT2D eigenvalue weighted by molar-refractivity contribution is 8.00. The van der Waals surface area contributed by atoms with Crippen LogP contribution in [-0.2, 0) is 0 Å². The van der Waals surface area contributed by atoms with Gasteiger partial charge in [-0.15, -0.1) is 0 Å². The molecular weight excluding hydrogens is 224 g/mol. The number of anilines is 3. The maximum absolute atomic E-state index is 5.44. The molecule has 0 bridgehead atoms. The van der Waals surface area contributed by atoms with Gasteiger partial charge in [0.25, 0.3) is 0 Å². The summed E-state index contributed by atoms with van der Waals surface area (Å²) in [6.07, 6.45) is 0.